The maximum atomic E-state index is 10.6. The van der Waals surface area contributed by atoms with E-state index in [0.717, 1.165) is 12.6 Å². The number of hydrogen-bond acceptors (Lipinski definition) is 5. The molecule has 7 nitrogen and oxygen atoms in total. The number of nitrogens with zero attached hydrogens (tertiary/aromatic N) is 2. The number of nitrogens with one attached hydrogen (secondary N) is 1. The van der Waals surface area contributed by atoms with Gasteiger partial charge in [0.2, 0.25) is 0 Å². The Morgan fingerprint density at radius 3 is 1.95 bits per heavy atom. The van der Waals surface area contributed by atoms with E-state index in [1.807, 2.05) is 0 Å². The van der Waals surface area contributed by atoms with Crippen LogP contribution in [0, 0.1) is 6.92 Å². The van der Waals surface area contributed by atoms with Crippen molar-refractivity contribution in [3.63, 3.8) is 0 Å². The Morgan fingerprint density at radius 2 is 1.40 bits per heavy atom. The number of aliphatic carboxylic acids is 2. The Kier molecular flexibility index (Phi) is 12.2. The van der Waals surface area contributed by atoms with Crippen molar-refractivity contribution in [2.45, 2.75) is 44.6 Å². The van der Waals surface area contributed by atoms with Crippen molar-refractivity contribution in [2.75, 3.05) is 44.2 Å². The molecule has 0 aromatic heterocycles. The van der Waals surface area contributed by atoms with Gasteiger partial charge in [0, 0.05) is 37.9 Å². The predicted octanol–water partition coefficient (Wildman–Crippen LogP) is 5.19. The van der Waals surface area contributed by atoms with Gasteiger partial charge in [0.25, 0.3) is 0 Å². The van der Waals surface area contributed by atoms with Crippen molar-refractivity contribution in [1.29, 1.82) is 0 Å². The summed E-state index contributed by atoms with van der Waals surface area (Å²) in [5, 5.41) is 17.8. The van der Waals surface area contributed by atoms with Crippen LogP contribution in [0.15, 0.2) is 48.5 Å². The van der Waals surface area contributed by atoms with Gasteiger partial charge in [-0.3, -0.25) is 4.90 Å². The van der Waals surface area contributed by atoms with Crippen molar-refractivity contribution >= 4 is 17.6 Å². The monoisotopic (exact) mass is 577 g/mol. The minimum atomic E-state index is -5.08. The van der Waals surface area contributed by atoms with E-state index in [0.29, 0.717) is 0 Å². The summed E-state index contributed by atoms with van der Waals surface area (Å²) in [4.78, 5) is 23.1. The van der Waals surface area contributed by atoms with Crippen LogP contribution in [-0.2, 0) is 9.59 Å². The van der Waals surface area contributed by atoms with E-state index in [9.17, 15) is 26.3 Å². The highest BCUT2D eigenvalue weighted by Gasteiger charge is 2.38. The lowest BCUT2D eigenvalue weighted by Gasteiger charge is -2.39. The molecule has 2 aromatic carbocycles. The van der Waals surface area contributed by atoms with E-state index in [2.05, 4.69) is 70.6 Å². The largest absolute Gasteiger partial charge is 0.490 e. The summed E-state index contributed by atoms with van der Waals surface area (Å²) in [5.74, 6) is -5.51. The molecule has 2 saturated heterocycles. The van der Waals surface area contributed by atoms with Crippen molar-refractivity contribution in [1.82, 2.24) is 10.2 Å². The third kappa shape index (κ3) is 10.7. The highest BCUT2D eigenvalue weighted by Crippen LogP contribution is 2.29. The molecular formula is C27H33F6N3O4. The number of benzene rings is 2. The molecule has 0 amide bonds. The third-order valence-electron chi connectivity index (χ3n) is 6.51. The molecule has 0 atom stereocenters. The van der Waals surface area contributed by atoms with E-state index in [1.165, 1.54) is 74.4 Å². The predicted molar refractivity (Wildman–Crippen MR) is 138 cm³/mol. The second-order valence-corrected chi connectivity index (χ2v) is 9.33. The number of alkyl halides is 6. The Morgan fingerprint density at radius 1 is 0.825 bits per heavy atom. The first-order valence-corrected chi connectivity index (χ1v) is 12.7. The molecule has 2 aliphatic rings. The van der Waals surface area contributed by atoms with Crippen molar-refractivity contribution < 1.29 is 46.1 Å². The van der Waals surface area contributed by atoms with E-state index in [4.69, 9.17) is 19.8 Å². The molecule has 2 heterocycles. The van der Waals surface area contributed by atoms with Gasteiger partial charge in [-0.05, 0) is 68.1 Å². The van der Waals surface area contributed by atoms with Crippen LogP contribution in [0.2, 0.25) is 0 Å². The number of carboxylic acid groups (broad SMARTS) is 2. The minimum Gasteiger partial charge on any atom is -0.475 e. The highest BCUT2D eigenvalue weighted by molar-refractivity contribution is 5.73. The third-order valence-corrected chi connectivity index (χ3v) is 6.51. The number of piperidine rings is 1. The molecule has 0 aliphatic carbocycles. The molecule has 13 heteroatoms. The quantitative estimate of drug-likeness (QED) is 0.433. The zero-order chi connectivity index (χ0) is 29.9. The van der Waals surface area contributed by atoms with Crippen LogP contribution in [-0.4, -0.2) is 84.7 Å². The highest BCUT2D eigenvalue weighted by atomic mass is 19.4. The summed E-state index contributed by atoms with van der Waals surface area (Å²) in [6.45, 7) is 9.36. The first kappa shape index (κ1) is 32.9. The number of halogens is 6. The number of hydrogen-bond donors (Lipinski definition) is 3. The molecule has 40 heavy (non-hydrogen) atoms. The van der Waals surface area contributed by atoms with Gasteiger partial charge in [0.15, 0.2) is 0 Å². The molecule has 2 aliphatic heterocycles. The van der Waals surface area contributed by atoms with E-state index < -0.39 is 24.3 Å². The normalized spacial score (nSPS) is 17.0. The van der Waals surface area contributed by atoms with Crippen LogP contribution in [0.25, 0.3) is 11.1 Å². The molecule has 0 bridgehead atoms. The van der Waals surface area contributed by atoms with Crippen molar-refractivity contribution in [3.05, 3.63) is 54.1 Å². The summed E-state index contributed by atoms with van der Waals surface area (Å²) in [5.41, 5.74) is 5.41. The molecule has 2 fully saturated rings. The van der Waals surface area contributed by atoms with Crippen molar-refractivity contribution in [2.24, 2.45) is 0 Å². The van der Waals surface area contributed by atoms with Crippen LogP contribution in [0.4, 0.5) is 32.0 Å². The smallest absolute Gasteiger partial charge is 0.475 e. The average Bonchev–Trinajstić information content (AvgIpc) is 3.19. The minimum absolute atomic E-state index is 0.769. The van der Waals surface area contributed by atoms with Gasteiger partial charge in [-0.2, -0.15) is 26.3 Å². The molecule has 0 unspecified atom stereocenters. The number of carboxylic acids is 2. The molecule has 222 valence electrons. The number of carbonyl (C=O) groups is 2. The van der Waals surface area contributed by atoms with Crippen molar-refractivity contribution in [3.8, 4) is 11.1 Å². The van der Waals surface area contributed by atoms with Crippen LogP contribution in [0.3, 0.4) is 0 Å². The summed E-state index contributed by atoms with van der Waals surface area (Å²) in [7, 11) is 0. The SMILES string of the molecule is Cc1ccccc1-c1cccc(N2CCC(N3CCCNCC3)CC2)c1.O=C(O)C(F)(F)F.O=C(O)C(F)(F)F. The van der Waals surface area contributed by atoms with Gasteiger partial charge < -0.3 is 20.4 Å². The maximum absolute atomic E-state index is 10.6. The van der Waals surface area contributed by atoms with Gasteiger partial charge in [-0.1, -0.05) is 36.4 Å². The molecule has 4 rings (SSSR count). The maximum Gasteiger partial charge on any atom is 0.490 e. The van der Waals surface area contributed by atoms with Crippen LogP contribution in [0.1, 0.15) is 24.8 Å². The Balaban J connectivity index is 0.000000333. The molecule has 2 aromatic rings. The zero-order valence-electron chi connectivity index (χ0n) is 21.9. The summed E-state index contributed by atoms with van der Waals surface area (Å²) >= 11 is 0. The fourth-order valence-corrected chi connectivity index (χ4v) is 4.49. The average molecular weight is 578 g/mol. The molecule has 0 saturated carbocycles. The van der Waals surface area contributed by atoms with Crippen LogP contribution < -0.4 is 10.2 Å². The van der Waals surface area contributed by atoms with Gasteiger partial charge in [0.1, 0.15) is 0 Å². The second-order valence-electron chi connectivity index (χ2n) is 9.33. The Hall–Kier alpha value is -3.32. The number of anilines is 1. The van der Waals surface area contributed by atoms with Crippen LogP contribution >= 0.6 is 0 Å². The zero-order valence-corrected chi connectivity index (χ0v) is 21.9. The molecule has 3 N–H and O–H groups in total. The van der Waals surface area contributed by atoms with E-state index >= 15 is 0 Å². The van der Waals surface area contributed by atoms with Gasteiger partial charge in [-0.25, -0.2) is 9.59 Å². The number of aryl methyl sites for hydroxylation is 1. The first-order chi connectivity index (χ1) is 18.7. The topological polar surface area (TPSA) is 93.1 Å². The summed E-state index contributed by atoms with van der Waals surface area (Å²) in [6.07, 6.45) is -6.30. The Bertz CT molecular complexity index is 1070. The fourth-order valence-electron chi connectivity index (χ4n) is 4.49. The lowest BCUT2D eigenvalue weighted by molar-refractivity contribution is -0.193. The van der Waals surface area contributed by atoms with Gasteiger partial charge in [-0.15, -0.1) is 0 Å². The molecule has 0 spiro atoms. The lowest BCUT2D eigenvalue weighted by Crippen LogP contribution is -2.46. The van der Waals surface area contributed by atoms with Crippen LogP contribution in [0.5, 0.6) is 0 Å². The summed E-state index contributed by atoms with van der Waals surface area (Å²) in [6, 6.07) is 18.5. The standard InChI is InChI=1S/C23H31N3.2C2HF3O2/c1-19-6-2-3-9-23(19)20-7-4-8-22(18-20)26-15-10-21(11-16-26)25-14-5-12-24-13-17-25;2*3-2(4,5)1(6)7/h2-4,6-9,18,21,24H,5,10-17H2,1H3;2*(H,6,7). The fraction of sp³-hybridized carbons (Fsp3) is 0.481. The molecular weight excluding hydrogens is 544 g/mol. The second kappa shape index (κ2) is 14.9. The number of rotatable bonds is 3. The van der Waals surface area contributed by atoms with E-state index in [1.54, 1.807) is 0 Å². The van der Waals surface area contributed by atoms with Gasteiger partial charge >= 0.3 is 24.3 Å². The summed E-state index contributed by atoms with van der Waals surface area (Å²) < 4.78 is 63.5. The lowest BCUT2D eigenvalue weighted by atomic mass is 9.98. The van der Waals surface area contributed by atoms with E-state index in [-0.39, 0.29) is 0 Å². The van der Waals surface area contributed by atoms with Gasteiger partial charge in [0.05, 0.1) is 0 Å². The first-order valence-electron chi connectivity index (χ1n) is 12.7. The molecule has 0 radical (unpaired) electrons. The Labute approximate surface area is 228 Å².